The van der Waals surface area contributed by atoms with E-state index < -0.39 is 5.92 Å². The average Bonchev–Trinajstić information content (AvgIpc) is 3.15. The first-order valence-electron chi connectivity index (χ1n) is 9.34. The zero-order valence-electron chi connectivity index (χ0n) is 16.0. The summed E-state index contributed by atoms with van der Waals surface area (Å²) in [7, 11) is 0. The van der Waals surface area contributed by atoms with E-state index in [9.17, 15) is 14.6 Å². The number of hydrogen-bond donors (Lipinski definition) is 4. The molecule has 0 aliphatic rings. The Kier molecular flexibility index (Phi) is 4.38. The molecule has 0 aliphatic carbocycles. The minimum Gasteiger partial charge on any atom is -0.506 e. The summed E-state index contributed by atoms with van der Waals surface area (Å²) in [6, 6.07) is 14.3. The molecule has 0 amide bonds. The van der Waals surface area contributed by atoms with Gasteiger partial charge in [0.15, 0.2) is 5.88 Å². The van der Waals surface area contributed by atoms with Crippen LogP contribution in [0.3, 0.4) is 0 Å². The number of hydrogen-bond acceptors (Lipinski definition) is 2. The van der Waals surface area contributed by atoms with E-state index >= 15 is 0 Å². The van der Waals surface area contributed by atoms with Crippen molar-refractivity contribution in [2.45, 2.75) is 32.6 Å². The fourth-order valence-corrected chi connectivity index (χ4v) is 3.93. The molecule has 0 saturated carbocycles. The lowest BCUT2D eigenvalue weighted by Gasteiger charge is -2.18. The number of benzene rings is 2. The monoisotopic (exact) mass is 378 g/mol. The Hall–Kier alpha value is -3.21. The molecule has 2 aromatic carbocycles. The molecule has 0 fully saturated rings. The van der Waals surface area contributed by atoms with Crippen LogP contribution in [0.2, 0.25) is 0 Å². The van der Waals surface area contributed by atoms with Crippen LogP contribution in [-0.4, -0.2) is 20.2 Å². The molecule has 0 spiro atoms. The van der Waals surface area contributed by atoms with Gasteiger partial charge in [0.1, 0.15) is 11.6 Å². The van der Waals surface area contributed by atoms with Crippen molar-refractivity contribution in [2.24, 2.45) is 0 Å². The number of aromatic hydroxyl groups is 2. The molecule has 0 bridgehead atoms. The van der Waals surface area contributed by atoms with Gasteiger partial charge in [-0.2, -0.15) is 0 Å². The summed E-state index contributed by atoms with van der Waals surface area (Å²) in [4.78, 5) is 6.30. The van der Waals surface area contributed by atoms with Crippen LogP contribution >= 0.6 is 0 Å². The van der Waals surface area contributed by atoms with Gasteiger partial charge in [0.25, 0.3) is 0 Å². The highest BCUT2D eigenvalue weighted by molar-refractivity contribution is 5.85. The van der Waals surface area contributed by atoms with E-state index in [-0.39, 0.29) is 23.4 Å². The van der Waals surface area contributed by atoms with Crippen LogP contribution in [0, 0.1) is 12.7 Å². The summed E-state index contributed by atoms with van der Waals surface area (Å²) >= 11 is 0. The predicted molar refractivity (Wildman–Crippen MR) is 109 cm³/mol. The van der Waals surface area contributed by atoms with Crippen molar-refractivity contribution in [1.82, 2.24) is 9.97 Å². The SMILES string of the molecule is Cc1c(C(c2ccccc2)c2c(O)[nH]c(C(C)C)c2O)[nH]c2ccc(F)cc12. The number of aromatic nitrogens is 2. The van der Waals surface area contributed by atoms with E-state index in [1.165, 1.54) is 12.1 Å². The van der Waals surface area contributed by atoms with Crippen LogP contribution in [0.1, 0.15) is 53.8 Å². The normalized spacial score (nSPS) is 12.8. The number of H-pyrrole nitrogens is 2. The largest absolute Gasteiger partial charge is 0.506 e. The third kappa shape index (κ3) is 2.83. The van der Waals surface area contributed by atoms with E-state index in [4.69, 9.17) is 0 Å². The number of rotatable bonds is 4. The summed E-state index contributed by atoms with van der Waals surface area (Å²) in [6.45, 7) is 5.82. The lowest BCUT2D eigenvalue weighted by molar-refractivity contribution is 0.439. The summed E-state index contributed by atoms with van der Waals surface area (Å²) in [5.74, 6) is -0.703. The van der Waals surface area contributed by atoms with E-state index in [0.29, 0.717) is 11.3 Å². The molecule has 2 heterocycles. The van der Waals surface area contributed by atoms with Gasteiger partial charge in [-0.25, -0.2) is 4.39 Å². The second kappa shape index (κ2) is 6.75. The zero-order chi connectivity index (χ0) is 20.0. The molecule has 2 aromatic heterocycles. The first-order valence-corrected chi connectivity index (χ1v) is 9.34. The van der Waals surface area contributed by atoms with Gasteiger partial charge in [0.2, 0.25) is 0 Å². The third-order valence-electron chi connectivity index (χ3n) is 5.37. The Balaban J connectivity index is 2.01. The number of aromatic amines is 2. The molecule has 0 radical (unpaired) electrons. The molecule has 4 aromatic rings. The van der Waals surface area contributed by atoms with Crippen LogP contribution in [0.25, 0.3) is 10.9 Å². The van der Waals surface area contributed by atoms with Crippen molar-refractivity contribution in [3.63, 3.8) is 0 Å². The zero-order valence-corrected chi connectivity index (χ0v) is 16.0. The first-order chi connectivity index (χ1) is 13.4. The van der Waals surface area contributed by atoms with Gasteiger partial charge < -0.3 is 20.2 Å². The molecule has 144 valence electrons. The van der Waals surface area contributed by atoms with Gasteiger partial charge in [-0.1, -0.05) is 44.2 Å². The minimum absolute atomic E-state index is 0.0222. The number of nitrogens with one attached hydrogen (secondary N) is 2. The van der Waals surface area contributed by atoms with Crippen molar-refractivity contribution in [3.05, 3.63) is 82.4 Å². The third-order valence-corrected chi connectivity index (χ3v) is 5.37. The van der Waals surface area contributed by atoms with Crippen LogP contribution in [-0.2, 0) is 0 Å². The summed E-state index contributed by atoms with van der Waals surface area (Å²) in [6.07, 6.45) is 0. The number of halogens is 1. The maximum absolute atomic E-state index is 13.8. The minimum atomic E-state index is -0.430. The Morgan fingerprint density at radius 2 is 1.64 bits per heavy atom. The molecule has 28 heavy (non-hydrogen) atoms. The van der Waals surface area contributed by atoms with Crippen LogP contribution < -0.4 is 0 Å². The van der Waals surface area contributed by atoms with Crippen molar-refractivity contribution < 1.29 is 14.6 Å². The maximum Gasteiger partial charge on any atom is 0.196 e. The summed E-state index contributed by atoms with van der Waals surface area (Å²) < 4.78 is 13.8. The molecule has 4 N–H and O–H groups in total. The highest BCUT2D eigenvalue weighted by atomic mass is 19.1. The van der Waals surface area contributed by atoms with Gasteiger partial charge in [-0.15, -0.1) is 0 Å². The van der Waals surface area contributed by atoms with Gasteiger partial charge in [0.05, 0.1) is 17.2 Å². The van der Waals surface area contributed by atoms with E-state index in [2.05, 4.69) is 9.97 Å². The number of fused-ring (bicyclic) bond motifs is 1. The van der Waals surface area contributed by atoms with E-state index in [1.807, 2.05) is 51.1 Å². The van der Waals surface area contributed by atoms with Crippen molar-refractivity contribution in [3.8, 4) is 11.6 Å². The van der Waals surface area contributed by atoms with Crippen LogP contribution in [0.15, 0.2) is 48.5 Å². The molecular formula is C23H23FN2O2. The highest BCUT2D eigenvalue weighted by Crippen LogP contribution is 2.46. The Bertz CT molecular complexity index is 1140. The molecule has 0 aliphatic heterocycles. The molecule has 1 atom stereocenters. The molecule has 1 unspecified atom stereocenters. The highest BCUT2D eigenvalue weighted by Gasteiger charge is 2.30. The van der Waals surface area contributed by atoms with Gasteiger partial charge in [-0.05, 0) is 42.2 Å². The van der Waals surface area contributed by atoms with E-state index in [1.54, 1.807) is 6.07 Å². The van der Waals surface area contributed by atoms with Crippen molar-refractivity contribution in [1.29, 1.82) is 0 Å². The molecule has 5 heteroatoms. The second-order valence-electron chi connectivity index (χ2n) is 7.50. The topological polar surface area (TPSA) is 72.0 Å². The quantitative estimate of drug-likeness (QED) is 0.370. The van der Waals surface area contributed by atoms with Gasteiger partial charge >= 0.3 is 0 Å². The Labute approximate surface area is 162 Å². The average molecular weight is 378 g/mol. The summed E-state index contributed by atoms with van der Waals surface area (Å²) in [5, 5.41) is 22.4. The molecule has 4 nitrogen and oxygen atoms in total. The van der Waals surface area contributed by atoms with E-state index in [0.717, 1.165) is 27.7 Å². The fourth-order valence-electron chi connectivity index (χ4n) is 3.93. The van der Waals surface area contributed by atoms with Gasteiger partial charge in [0, 0.05) is 16.6 Å². The fraction of sp³-hybridized carbons (Fsp3) is 0.217. The molecule has 4 rings (SSSR count). The lowest BCUT2D eigenvalue weighted by Crippen LogP contribution is -2.05. The first kappa shape index (κ1) is 18.2. The van der Waals surface area contributed by atoms with Crippen molar-refractivity contribution >= 4 is 10.9 Å². The lowest BCUT2D eigenvalue weighted by atomic mass is 9.87. The van der Waals surface area contributed by atoms with Crippen LogP contribution in [0.5, 0.6) is 11.6 Å². The standard InChI is InChI=1S/C23H23FN2O2/c1-12(2)20-22(27)19(23(28)26-20)18(14-7-5-4-6-8-14)21-13(3)16-11-15(24)9-10-17(16)25-21/h4-12,18,25-28H,1-3H3. The Morgan fingerprint density at radius 3 is 2.29 bits per heavy atom. The predicted octanol–water partition coefficient (Wildman–Crippen LogP) is 5.66. The maximum atomic E-state index is 13.8. The molecular weight excluding hydrogens is 355 g/mol. The van der Waals surface area contributed by atoms with Crippen molar-refractivity contribution in [2.75, 3.05) is 0 Å². The smallest absolute Gasteiger partial charge is 0.196 e. The Morgan fingerprint density at radius 1 is 0.929 bits per heavy atom. The second-order valence-corrected chi connectivity index (χ2v) is 7.50. The number of aryl methyl sites for hydroxylation is 1. The van der Waals surface area contributed by atoms with Crippen LogP contribution in [0.4, 0.5) is 4.39 Å². The molecule has 0 saturated heterocycles. The summed E-state index contributed by atoms with van der Waals surface area (Å²) in [5.41, 5.74) is 4.44. The van der Waals surface area contributed by atoms with Gasteiger partial charge in [-0.3, -0.25) is 0 Å².